The van der Waals surface area contributed by atoms with Gasteiger partial charge in [0.25, 0.3) is 0 Å². The summed E-state index contributed by atoms with van der Waals surface area (Å²) in [5.41, 5.74) is 2.78. The van der Waals surface area contributed by atoms with Crippen molar-refractivity contribution in [1.82, 2.24) is 9.47 Å². The summed E-state index contributed by atoms with van der Waals surface area (Å²) < 4.78 is 7.97. The van der Waals surface area contributed by atoms with E-state index in [0.717, 1.165) is 12.3 Å². The highest BCUT2D eigenvalue weighted by Gasteiger charge is 2.45. The maximum atomic E-state index is 5.62. The zero-order valence-corrected chi connectivity index (χ0v) is 12.2. The Morgan fingerprint density at radius 1 is 1.26 bits per heavy atom. The molecule has 3 nitrogen and oxygen atoms in total. The first-order valence-electron chi connectivity index (χ1n) is 6.87. The van der Waals surface area contributed by atoms with Gasteiger partial charge < -0.3 is 14.2 Å². The molecule has 19 heavy (non-hydrogen) atoms. The van der Waals surface area contributed by atoms with Gasteiger partial charge in [0, 0.05) is 23.7 Å². The minimum atomic E-state index is 0.348. The average Bonchev–Trinajstić information content (AvgIpc) is 3.06. The molecule has 0 saturated heterocycles. The van der Waals surface area contributed by atoms with Crippen molar-refractivity contribution < 1.29 is 4.74 Å². The molecule has 1 saturated carbocycles. The van der Waals surface area contributed by atoms with E-state index in [2.05, 4.69) is 54.9 Å². The van der Waals surface area contributed by atoms with Crippen molar-refractivity contribution >= 4 is 10.9 Å². The van der Waals surface area contributed by atoms with Crippen molar-refractivity contribution in [3.63, 3.8) is 0 Å². The quantitative estimate of drug-likeness (QED) is 0.838. The second-order valence-corrected chi connectivity index (χ2v) is 5.92. The van der Waals surface area contributed by atoms with E-state index < -0.39 is 0 Å². The van der Waals surface area contributed by atoms with E-state index in [1.54, 1.807) is 7.11 Å². The number of ether oxygens (including phenoxy) is 1. The maximum absolute atomic E-state index is 5.62. The third kappa shape index (κ3) is 1.93. The Balaban J connectivity index is 2.07. The lowest BCUT2D eigenvalue weighted by atomic mass is 10.1. The van der Waals surface area contributed by atoms with Gasteiger partial charge in [0.1, 0.15) is 5.75 Å². The number of methoxy groups -OCH3 is 1. The molecule has 0 unspecified atom stereocenters. The number of hydrogen-bond donors (Lipinski definition) is 0. The molecule has 0 aliphatic heterocycles. The smallest absolute Gasteiger partial charge is 0.146 e. The van der Waals surface area contributed by atoms with Crippen LogP contribution >= 0.6 is 0 Å². The second-order valence-electron chi connectivity index (χ2n) is 5.92. The van der Waals surface area contributed by atoms with Crippen LogP contribution in [0.3, 0.4) is 0 Å². The van der Waals surface area contributed by atoms with Crippen LogP contribution in [-0.2, 0) is 6.54 Å². The maximum Gasteiger partial charge on any atom is 0.146 e. The molecule has 0 spiro atoms. The average molecular weight is 258 g/mol. The molecule has 0 radical (unpaired) electrons. The molecular formula is C16H22N2O. The number of aromatic nitrogens is 1. The lowest BCUT2D eigenvalue weighted by molar-refractivity contribution is 0.243. The van der Waals surface area contributed by atoms with Crippen molar-refractivity contribution in [1.29, 1.82) is 0 Å². The largest absolute Gasteiger partial charge is 0.494 e. The summed E-state index contributed by atoms with van der Waals surface area (Å²) in [6, 6.07) is 6.49. The van der Waals surface area contributed by atoms with Crippen LogP contribution in [0.4, 0.5) is 0 Å². The number of rotatable bonds is 4. The Bertz CT molecular complexity index is 608. The van der Waals surface area contributed by atoms with E-state index >= 15 is 0 Å². The predicted molar refractivity (Wildman–Crippen MR) is 78.9 cm³/mol. The third-order valence-corrected chi connectivity index (χ3v) is 4.53. The zero-order valence-electron chi connectivity index (χ0n) is 12.2. The molecule has 0 amide bonds. The van der Waals surface area contributed by atoms with Gasteiger partial charge in [-0.15, -0.1) is 0 Å². The first-order valence-corrected chi connectivity index (χ1v) is 6.87. The predicted octanol–water partition coefficient (Wildman–Crippen LogP) is 3.05. The SMILES string of the molecule is COc1c(C)ccc2ccn(CC3(N(C)C)CC3)c12. The topological polar surface area (TPSA) is 17.4 Å². The Morgan fingerprint density at radius 2 is 2.00 bits per heavy atom. The molecule has 3 rings (SSSR count). The van der Waals surface area contributed by atoms with Gasteiger partial charge in [-0.2, -0.15) is 0 Å². The first-order chi connectivity index (χ1) is 9.07. The Hall–Kier alpha value is -1.48. The molecule has 0 N–H and O–H groups in total. The summed E-state index contributed by atoms with van der Waals surface area (Å²) in [6.45, 7) is 3.15. The van der Waals surface area contributed by atoms with Crippen LogP contribution in [-0.4, -0.2) is 36.2 Å². The highest BCUT2D eigenvalue weighted by atomic mass is 16.5. The van der Waals surface area contributed by atoms with E-state index in [-0.39, 0.29) is 0 Å². The van der Waals surface area contributed by atoms with Gasteiger partial charge in [-0.05, 0) is 45.5 Å². The van der Waals surface area contributed by atoms with E-state index in [9.17, 15) is 0 Å². The summed E-state index contributed by atoms with van der Waals surface area (Å²) in [5, 5.41) is 1.26. The molecule has 2 aromatic rings. The summed E-state index contributed by atoms with van der Waals surface area (Å²) in [4.78, 5) is 2.36. The molecular weight excluding hydrogens is 236 g/mol. The Labute approximate surface area is 114 Å². The van der Waals surface area contributed by atoms with Crippen molar-refractivity contribution in [2.24, 2.45) is 0 Å². The van der Waals surface area contributed by atoms with Crippen molar-refractivity contribution in [2.45, 2.75) is 31.8 Å². The van der Waals surface area contributed by atoms with Gasteiger partial charge in [-0.25, -0.2) is 0 Å². The molecule has 1 aliphatic carbocycles. The van der Waals surface area contributed by atoms with Crippen LogP contribution in [0.15, 0.2) is 24.4 Å². The zero-order chi connectivity index (χ0) is 13.6. The fourth-order valence-electron chi connectivity index (χ4n) is 2.96. The standard InChI is InChI=1S/C16H22N2O/c1-12-5-6-13-7-10-18(14(13)15(12)19-4)11-16(8-9-16)17(2)3/h5-7,10H,8-9,11H2,1-4H3. The first kappa shape index (κ1) is 12.5. The Morgan fingerprint density at radius 3 is 2.58 bits per heavy atom. The summed E-state index contributed by atoms with van der Waals surface area (Å²) in [5.74, 6) is 1.01. The van der Waals surface area contributed by atoms with Crippen LogP contribution in [0.25, 0.3) is 10.9 Å². The number of likely N-dealkylation sites (N-methyl/N-ethyl adjacent to an activating group) is 1. The van der Waals surface area contributed by atoms with Gasteiger partial charge in [-0.1, -0.05) is 12.1 Å². The van der Waals surface area contributed by atoms with Crippen molar-refractivity contribution in [2.75, 3.05) is 21.2 Å². The van der Waals surface area contributed by atoms with Crippen LogP contribution < -0.4 is 4.74 Å². The molecule has 0 atom stereocenters. The molecule has 1 fully saturated rings. The summed E-state index contributed by atoms with van der Waals surface area (Å²) in [6.07, 6.45) is 4.76. The normalized spacial score (nSPS) is 17.1. The second kappa shape index (κ2) is 4.27. The number of fused-ring (bicyclic) bond motifs is 1. The third-order valence-electron chi connectivity index (χ3n) is 4.53. The number of nitrogens with zero attached hydrogens (tertiary/aromatic N) is 2. The van der Waals surface area contributed by atoms with E-state index in [1.807, 2.05) is 0 Å². The Kier molecular flexibility index (Phi) is 2.82. The highest BCUT2D eigenvalue weighted by Crippen LogP contribution is 2.43. The molecule has 3 heteroatoms. The van der Waals surface area contributed by atoms with Crippen molar-refractivity contribution in [3.05, 3.63) is 30.0 Å². The highest BCUT2D eigenvalue weighted by molar-refractivity contribution is 5.87. The molecule has 1 aromatic carbocycles. The minimum absolute atomic E-state index is 0.348. The van der Waals surface area contributed by atoms with E-state index in [4.69, 9.17) is 4.74 Å². The lowest BCUT2D eigenvalue weighted by Gasteiger charge is -2.25. The monoisotopic (exact) mass is 258 g/mol. The molecule has 1 aliphatic rings. The van der Waals surface area contributed by atoms with E-state index in [1.165, 1.54) is 29.3 Å². The molecule has 102 valence electrons. The molecule has 0 bridgehead atoms. The minimum Gasteiger partial charge on any atom is -0.494 e. The van der Waals surface area contributed by atoms with Gasteiger partial charge in [0.05, 0.1) is 12.6 Å². The fraction of sp³-hybridized carbons (Fsp3) is 0.500. The lowest BCUT2D eigenvalue weighted by Crippen LogP contribution is -2.34. The fourth-order valence-corrected chi connectivity index (χ4v) is 2.96. The van der Waals surface area contributed by atoms with Gasteiger partial charge in [0.2, 0.25) is 0 Å². The van der Waals surface area contributed by atoms with E-state index in [0.29, 0.717) is 5.54 Å². The van der Waals surface area contributed by atoms with Crippen molar-refractivity contribution in [3.8, 4) is 5.75 Å². The number of benzene rings is 1. The van der Waals surface area contributed by atoms with Crippen LogP contribution in [0.5, 0.6) is 5.75 Å². The summed E-state index contributed by atoms with van der Waals surface area (Å²) in [7, 11) is 6.13. The van der Waals surface area contributed by atoms with Gasteiger partial charge >= 0.3 is 0 Å². The van der Waals surface area contributed by atoms with Gasteiger partial charge in [-0.3, -0.25) is 0 Å². The summed E-state index contributed by atoms with van der Waals surface area (Å²) >= 11 is 0. The van der Waals surface area contributed by atoms with Gasteiger partial charge in [0.15, 0.2) is 0 Å². The van der Waals surface area contributed by atoms with Crippen LogP contribution in [0.2, 0.25) is 0 Å². The number of aryl methyl sites for hydroxylation is 1. The number of hydrogen-bond acceptors (Lipinski definition) is 2. The van der Waals surface area contributed by atoms with Crippen LogP contribution in [0.1, 0.15) is 18.4 Å². The molecule has 1 aromatic heterocycles. The molecule has 1 heterocycles. The van der Waals surface area contributed by atoms with Crippen LogP contribution in [0, 0.1) is 6.92 Å².